The van der Waals surface area contributed by atoms with Crippen LogP contribution < -0.4 is 0 Å². The highest BCUT2D eigenvalue weighted by Gasteiger charge is 2.10. The van der Waals surface area contributed by atoms with Crippen LogP contribution in [0, 0.1) is 0 Å². The molecule has 0 aliphatic heterocycles. The van der Waals surface area contributed by atoms with Crippen molar-refractivity contribution in [3.63, 3.8) is 0 Å². The van der Waals surface area contributed by atoms with Crippen LogP contribution in [0.4, 0.5) is 0 Å². The van der Waals surface area contributed by atoms with Gasteiger partial charge < -0.3 is 4.90 Å². The molecule has 1 aromatic rings. The Kier molecular flexibility index (Phi) is 8.59. The Balaban J connectivity index is 2.24. The lowest BCUT2D eigenvalue weighted by Gasteiger charge is -2.18. The summed E-state index contributed by atoms with van der Waals surface area (Å²) >= 11 is 3.52. The van der Waals surface area contributed by atoms with Crippen LogP contribution in [0.25, 0.3) is 0 Å². The second-order valence-corrected chi connectivity index (χ2v) is 6.21. The van der Waals surface area contributed by atoms with Crippen LogP contribution in [-0.2, 0) is 11.3 Å². The molecule has 0 saturated heterocycles. The molecule has 0 bridgehead atoms. The predicted octanol–water partition coefficient (Wildman–Crippen LogP) is 5.16. The Hall–Kier alpha value is -0.830. The monoisotopic (exact) mass is 339 g/mol. The molecule has 3 heteroatoms. The fourth-order valence-corrected chi connectivity index (χ4v) is 2.63. The van der Waals surface area contributed by atoms with Gasteiger partial charge in [0.15, 0.2) is 0 Å². The number of halogens is 1. The zero-order valence-corrected chi connectivity index (χ0v) is 14.3. The molecule has 2 nitrogen and oxygen atoms in total. The average molecular weight is 340 g/mol. The van der Waals surface area contributed by atoms with Crippen LogP contribution >= 0.6 is 15.9 Å². The van der Waals surface area contributed by atoms with Gasteiger partial charge in [-0.1, -0.05) is 73.2 Å². The third-order valence-electron chi connectivity index (χ3n) is 3.54. The van der Waals surface area contributed by atoms with E-state index in [1.165, 1.54) is 32.1 Å². The van der Waals surface area contributed by atoms with Crippen LogP contribution in [0.15, 0.2) is 28.7 Å². The first kappa shape index (κ1) is 17.2. The SMILES string of the molecule is CCCCCCCCC(=O)N(C)Cc1ccccc1Br. The molecule has 0 heterocycles. The van der Waals surface area contributed by atoms with Gasteiger partial charge in [0.25, 0.3) is 0 Å². The minimum Gasteiger partial charge on any atom is -0.341 e. The molecule has 0 aliphatic rings. The van der Waals surface area contributed by atoms with Gasteiger partial charge in [0.1, 0.15) is 0 Å². The average Bonchev–Trinajstić information content (AvgIpc) is 2.44. The first-order valence-corrected chi connectivity index (χ1v) is 8.41. The molecule has 0 saturated carbocycles. The maximum absolute atomic E-state index is 12.1. The largest absolute Gasteiger partial charge is 0.341 e. The summed E-state index contributed by atoms with van der Waals surface area (Å²) in [5, 5.41) is 0. The third kappa shape index (κ3) is 6.56. The lowest BCUT2D eigenvalue weighted by Crippen LogP contribution is -2.26. The molecule has 0 unspecified atom stereocenters. The second-order valence-electron chi connectivity index (χ2n) is 5.36. The summed E-state index contributed by atoms with van der Waals surface area (Å²) in [6.45, 7) is 2.90. The molecule has 0 fully saturated rings. The minimum absolute atomic E-state index is 0.247. The van der Waals surface area contributed by atoms with Gasteiger partial charge in [0.05, 0.1) is 0 Å². The van der Waals surface area contributed by atoms with E-state index in [1.54, 1.807) is 0 Å². The van der Waals surface area contributed by atoms with Gasteiger partial charge in [0, 0.05) is 24.5 Å². The van der Waals surface area contributed by atoms with Crippen LogP contribution in [0.2, 0.25) is 0 Å². The van der Waals surface area contributed by atoms with Gasteiger partial charge in [0.2, 0.25) is 5.91 Å². The second kappa shape index (κ2) is 9.98. The molecule has 1 rings (SSSR count). The number of amides is 1. The normalized spacial score (nSPS) is 10.6. The van der Waals surface area contributed by atoms with Gasteiger partial charge >= 0.3 is 0 Å². The van der Waals surface area contributed by atoms with E-state index in [4.69, 9.17) is 0 Å². The van der Waals surface area contributed by atoms with Gasteiger partial charge in [-0.15, -0.1) is 0 Å². The molecule has 0 radical (unpaired) electrons. The van der Waals surface area contributed by atoms with E-state index >= 15 is 0 Å². The van der Waals surface area contributed by atoms with Crippen LogP contribution in [0.1, 0.15) is 57.4 Å². The van der Waals surface area contributed by atoms with E-state index in [0.717, 1.165) is 16.5 Å². The molecular formula is C17H26BrNO. The van der Waals surface area contributed by atoms with Crippen molar-refractivity contribution < 1.29 is 4.79 Å². The first-order chi connectivity index (χ1) is 9.65. The number of carbonyl (C=O) groups is 1. The van der Waals surface area contributed by atoms with Crippen molar-refractivity contribution in [2.75, 3.05) is 7.05 Å². The number of rotatable bonds is 9. The highest BCUT2D eigenvalue weighted by atomic mass is 79.9. The molecule has 112 valence electrons. The molecule has 1 aromatic carbocycles. The fourth-order valence-electron chi connectivity index (χ4n) is 2.22. The molecular weight excluding hydrogens is 314 g/mol. The highest BCUT2D eigenvalue weighted by molar-refractivity contribution is 9.10. The summed E-state index contributed by atoms with van der Waals surface area (Å²) in [4.78, 5) is 13.9. The van der Waals surface area contributed by atoms with Crippen LogP contribution in [-0.4, -0.2) is 17.9 Å². The highest BCUT2D eigenvalue weighted by Crippen LogP contribution is 2.18. The Morgan fingerprint density at radius 1 is 1.10 bits per heavy atom. The Bertz CT molecular complexity index is 406. The molecule has 0 spiro atoms. The summed E-state index contributed by atoms with van der Waals surface area (Å²) in [5.74, 6) is 0.247. The number of carbonyl (C=O) groups excluding carboxylic acids is 1. The number of hydrogen-bond acceptors (Lipinski definition) is 1. The van der Waals surface area contributed by atoms with Crippen molar-refractivity contribution in [1.29, 1.82) is 0 Å². The van der Waals surface area contributed by atoms with Crippen molar-refractivity contribution >= 4 is 21.8 Å². The van der Waals surface area contributed by atoms with E-state index in [-0.39, 0.29) is 5.91 Å². The summed E-state index contributed by atoms with van der Waals surface area (Å²) in [6, 6.07) is 8.07. The number of nitrogens with zero attached hydrogens (tertiary/aromatic N) is 1. The molecule has 0 N–H and O–H groups in total. The van der Waals surface area contributed by atoms with Crippen LogP contribution in [0.3, 0.4) is 0 Å². The lowest BCUT2D eigenvalue weighted by molar-refractivity contribution is -0.130. The smallest absolute Gasteiger partial charge is 0.222 e. The van der Waals surface area contributed by atoms with Gasteiger partial charge in [-0.25, -0.2) is 0 Å². The van der Waals surface area contributed by atoms with Gasteiger partial charge in [-0.3, -0.25) is 4.79 Å². The Morgan fingerprint density at radius 3 is 2.45 bits per heavy atom. The Morgan fingerprint density at radius 2 is 1.75 bits per heavy atom. The van der Waals surface area contributed by atoms with Crippen molar-refractivity contribution in [1.82, 2.24) is 4.90 Å². The topological polar surface area (TPSA) is 20.3 Å². The van der Waals surface area contributed by atoms with E-state index in [9.17, 15) is 4.79 Å². The summed E-state index contributed by atoms with van der Waals surface area (Å²) in [6.07, 6.45) is 8.01. The van der Waals surface area contributed by atoms with E-state index in [0.29, 0.717) is 13.0 Å². The van der Waals surface area contributed by atoms with Crippen molar-refractivity contribution in [2.24, 2.45) is 0 Å². The molecule has 0 aliphatic carbocycles. The molecule has 1 amide bonds. The fraction of sp³-hybridized carbons (Fsp3) is 0.588. The zero-order valence-electron chi connectivity index (χ0n) is 12.7. The van der Waals surface area contributed by atoms with Crippen molar-refractivity contribution in [2.45, 2.75) is 58.4 Å². The maximum Gasteiger partial charge on any atom is 0.222 e. The predicted molar refractivity (Wildman–Crippen MR) is 88.6 cm³/mol. The lowest BCUT2D eigenvalue weighted by atomic mass is 10.1. The van der Waals surface area contributed by atoms with Crippen molar-refractivity contribution in [3.8, 4) is 0 Å². The quantitative estimate of drug-likeness (QED) is 0.569. The zero-order chi connectivity index (χ0) is 14.8. The van der Waals surface area contributed by atoms with Crippen LogP contribution in [0.5, 0.6) is 0 Å². The standard InChI is InChI=1S/C17H26BrNO/c1-3-4-5-6-7-8-13-17(20)19(2)14-15-11-9-10-12-16(15)18/h9-12H,3-8,13-14H2,1-2H3. The number of benzene rings is 1. The Labute approximate surface area is 131 Å². The molecule has 0 atom stereocenters. The van der Waals surface area contributed by atoms with E-state index in [2.05, 4.69) is 28.9 Å². The maximum atomic E-state index is 12.1. The minimum atomic E-state index is 0.247. The summed E-state index contributed by atoms with van der Waals surface area (Å²) < 4.78 is 1.07. The van der Waals surface area contributed by atoms with Crippen molar-refractivity contribution in [3.05, 3.63) is 34.3 Å². The van der Waals surface area contributed by atoms with E-state index < -0.39 is 0 Å². The van der Waals surface area contributed by atoms with E-state index in [1.807, 2.05) is 30.1 Å². The number of unbranched alkanes of at least 4 members (excludes halogenated alkanes) is 5. The van der Waals surface area contributed by atoms with Gasteiger partial charge in [-0.05, 0) is 18.1 Å². The first-order valence-electron chi connectivity index (χ1n) is 7.62. The molecule has 0 aromatic heterocycles. The van der Waals surface area contributed by atoms with Gasteiger partial charge in [-0.2, -0.15) is 0 Å². The summed E-state index contributed by atoms with van der Waals surface area (Å²) in [7, 11) is 1.89. The molecule has 20 heavy (non-hydrogen) atoms. The summed E-state index contributed by atoms with van der Waals surface area (Å²) in [5.41, 5.74) is 1.16. The number of hydrogen-bond donors (Lipinski definition) is 0. The third-order valence-corrected chi connectivity index (χ3v) is 4.31.